The first-order valence-electron chi connectivity index (χ1n) is 9.93. The van der Waals surface area contributed by atoms with Crippen molar-refractivity contribution in [1.29, 1.82) is 5.26 Å². The van der Waals surface area contributed by atoms with Crippen molar-refractivity contribution < 1.29 is 18.4 Å². The summed E-state index contributed by atoms with van der Waals surface area (Å²) >= 11 is 0.732. The first kappa shape index (κ1) is 21.6. The quantitative estimate of drug-likeness (QED) is 0.442. The fourth-order valence-corrected chi connectivity index (χ4v) is 4.59. The van der Waals surface area contributed by atoms with E-state index in [1.54, 1.807) is 21.6 Å². The molecule has 1 aromatic carbocycles. The van der Waals surface area contributed by atoms with Crippen molar-refractivity contribution in [2.24, 2.45) is 0 Å². The SMILES string of the molecule is C=C(C#N)C(=O)N1CCC[C@H]1Cn1c(NC(=O)c2ccc(C(F)F)s2)nc2ccccc21. The van der Waals surface area contributed by atoms with Gasteiger partial charge in [-0.15, -0.1) is 11.3 Å². The molecule has 1 N–H and O–H groups in total. The molecule has 164 valence electrons. The highest BCUT2D eigenvalue weighted by Gasteiger charge is 2.31. The number of rotatable bonds is 6. The molecule has 2 amide bonds. The van der Waals surface area contributed by atoms with Crippen molar-refractivity contribution in [3.05, 3.63) is 58.3 Å². The molecule has 7 nitrogen and oxygen atoms in total. The Hall–Kier alpha value is -3.58. The summed E-state index contributed by atoms with van der Waals surface area (Å²) in [6.07, 6.45) is -1.12. The summed E-state index contributed by atoms with van der Waals surface area (Å²) in [4.78, 5) is 31.3. The van der Waals surface area contributed by atoms with E-state index in [1.807, 2.05) is 18.2 Å². The molecule has 0 radical (unpaired) electrons. The van der Waals surface area contributed by atoms with E-state index in [9.17, 15) is 18.4 Å². The van der Waals surface area contributed by atoms with Crippen LogP contribution < -0.4 is 5.32 Å². The lowest BCUT2D eigenvalue weighted by molar-refractivity contribution is -0.127. The lowest BCUT2D eigenvalue weighted by Gasteiger charge is -2.25. The Kier molecular flexibility index (Phi) is 6.01. The molecule has 0 unspecified atom stereocenters. The molecule has 0 saturated carbocycles. The van der Waals surface area contributed by atoms with Crippen molar-refractivity contribution in [2.45, 2.75) is 31.9 Å². The number of carbonyl (C=O) groups excluding carboxylic acids is 2. The topological polar surface area (TPSA) is 91.0 Å². The van der Waals surface area contributed by atoms with Gasteiger partial charge < -0.3 is 9.47 Å². The number of nitrogens with zero attached hydrogens (tertiary/aromatic N) is 4. The number of hydrogen-bond acceptors (Lipinski definition) is 5. The first-order valence-corrected chi connectivity index (χ1v) is 10.7. The summed E-state index contributed by atoms with van der Waals surface area (Å²) in [5.41, 5.74) is 1.30. The molecule has 3 aromatic rings. The Morgan fingerprint density at radius 2 is 2.09 bits per heavy atom. The Morgan fingerprint density at radius 1 is 1.31 bits per heavy atom. The number of carbonyl (C=O) groups is 2. The molecule has 3 heterocycles. The van der Waals surface area contributed by atoms with Crippen LogP contribution >= 0.6 is 11.3 Å². The predicted octanol–water partition coefficient (Wildman–Crippen LogP) is 4.36. The Bertz CT molecular complexity index is 1240. The van der Waals surface area contributed by atoms with Gasteiger partial charge in [0.05, 0.1) is 26.8 Å². The lowest BCUT2D eigenvalue weighted by Crippen LogP contribution is -2.38. The van der Waals surface area contributed by atoms with Crippen LogP contribution in [0.3, 0.4) is 0 Å². The normalized spacial score (nSPS) is 15.8. The fourth-order valence-electron chi connectivity index (χ4n) is 3.84. The largest absolute Gasteiger partial charge is 0.333 e. The third-order valence-corrected chi connectivity index (χ3v) is 6.46. The van der Waals surface area contributed by atoms with E-state index in [4.69, 9.17) is 5.26 Å². The number of nitriles is 1. The molecule has 1 aliphatic heterocycles. The van der Waals surface area contributed by atoms with Crippen molar-refractivity contribution in [3.8, 4) is 6.07 Å². The number of nitrogens with one attached hydrogen (secondary N) is 1. The van der Waals surface area contributed by atoms with Crippen molar-refractivity contribution in [2.75, 3.05) is 11.9 Å². The number of thiophene rings is 1. The summed E-state index contributed by atoms with van der Waals surface area (Å²) in [6, 6.07) is 11.5. The second-order valence-electron chi connectivity index (χ2n) is 7.38. The van der Waals surface area contributed by atoms with E-state index in [1.165, 1.54) is 12.1 Å². The van der Waals surface area contributed by atoms with Crippen LogP contribution in [0.2, 0.25) is 0 Å². The number of halogens is 2. The molecule has 10 heteroatoms. The predicted molar refractivity (Wildman–Crippen MR) is 116 cm³/mol. The molecule has 1 atom stereocenters. The summed E-state index contributed by atoms with van der Waals surface area (Å²) in [7, 11) is 0. The Balaban J connectivity index is 1.63. The number of para-hydroxylation sites is 2. The average Bonchev–Trinajstić information content (AvgIpc) is 3.52. The number of fused-ring (bicyclic) bond motifs is 1. The van der Waals surface area contributed by atoms with E-state index in [0.29, 0.717) is 18.6 Å². The van der Waals surface area contributed by atoms with Crippen LogP contribution in [0.25, 0.3) is 11.0 Å². The van der Waals surface area contributed by atoms with E-state index >= 15 is 0 Å². The van der Waals surface area contributed by atoms with Gasteiger partial charge in [-0.05, 0) is 37.1 Å². The molecule has 1 fully saturated rings. The second-order valence-corrected chi connectivity index (χ2v) is 8.49. The smallest absolute Gasteiger partial charge is 0.272 e. The van der Waals surface area contributed by atoms with Gasteiger partial charge in [-0.25, -0.2) is 13.8 Å². The van der Waals surface area contributed by atoms with Gasteiger partial charge in [0.2, 0.25) is 5.95 Å². The minimum Gasteiger partial charge on any atom is -0.333 e. The van der Waals surface area contributed by atoms with Crippen molar-refractivity contribution in [3.63, 3.8) is 0 Å². The van der Waals surface area contributed by atoms with Gasteiger partial charge in [0, 0.05) is 13.1 Å². The van der Waals surface area contributed by atoms with Crippen LogP contribution in [0, 0.1) is 11.3 Å². The Morgan fingerprint density at radius 3 is 2.81 bits per heavy atom. The molecular formula is C22H19F2N5O2S. The number of benzene rings is 1. The average molecular weight is 455 g/mol. The zero-order valence-corrected chi connectivity index (χ0v) is 17.7. The molecule has 1 aliphatic rings. The number of anilines is 1. The standard InChI is InChI=1S/C22H19F2N5O2S/c1-13(11-25)21(31)28-10-4-5-14(28)12-29-16-7-3-2-6-15(16)26-22(29)27-20(30)18-9-8-17(32-18)19(23)24/h2-3,6-9,14,19H,1,4-5,10,12H2,(H,26,27,30)/t14-/m0/s1. The highest BCUT2D eigenvalue weighted by atomic mass is 32.1. The molecule has 0 spiro atoms. The summed E-state index contributed by atoms with van der Waals surface area (Å²) in [6.45, 7) is 4.40. The van der Waals surface area contributed by atoms with Gasteiger partial charge in [-0.1, -0.05) is 18.7 Å². The van der Waals surface area contributed by atoms with Crippen LogP contribution in [0.1, 0.15) is 33.8 Å². The van der Waals surface area contributed by atoms with Crippen LogP contribution in [-0.4, -0.2) is 38.9 Å². The number of imidazole rings is 1. The molecular weight excluding hydrogens is 436 g/mol. The van der Waals surface area contributed by atoms with Gasteiger partial charge in [0.15, 0.2) is 0 Å². The van der Waals surface area contributed by atoms with E-state index in [0.717, 1.165) is 29.7 Å². The highest BCUT2D eigenvalue weighted by Crippen LogP contribution is 2.29. The van der Waals surface area contributed by atoms with Crippen LogP contribution in [0.4, 0.5) is 14.7 Å². The van der Waals surface area contributed by atoms with E-state index in [-0.39, 0.29) is 27.3 Å². The maximum atomic E-state index is 12.9. The molecule has 0 aliphatic carbocycles. The van der Waals surface area contributed by atoms with Crippen molar-refractivity contribution >= 4 is 40.1 Å². The van der Waals surface area contributed by atoms with Crippen LogP contribution in [0.5, 0.6) is 0 Å². The fraction of sp³-hybridized carbons (Fsp3) is 0.273. The van der Waals surface area contributed by atoms with Gasteiger partial charge in [-0.3, -0.25) is 14.9 Å². The van der Waals surface area contributed by atoms with Gasteiger partial charge in [-0.2, -0.15) is 5.26 Å². The molecule has 1 saturated heterocycles. The van der Waals surface area contributed by atoms with Gasteiger partial charge in [0.1, 0.15) is 11.6 Å². The minimum absolute atomic E-state index is 0.117. The highest BCUT2D eigenvalue weighted by molar-refractivity contribution is 7.14. The second kappa shape index (κ2) is 8.88. The molecule has 32 heavy (non-hydrogen) atoms. The Labute approximate surface area is 186 Å². The number of amides is 2. The summed E-state index contributed by atoms with van der Waals surface area (Å²) in [5.74, 6) is -0.666. The van der Waals surface area contributed by atoms with E-state index in [2.05, 4.69) is 16.9 Å². The zero-order chi connectivity index (χ0) is 22.8. The first-order chi connectivity index (χ1) is 15.4. The third kappa shape index (κ3) is 4.11. The molecule has 2 aromatic heterocycles. The van der Waals surface area contributed by atoms with Crippen LogP contribution in [-0.2, 0) is 11.3 Å². The van der Waals surface area contributed by atoms with Gasteiger partial charge >= 0.3 is 0 Å². The molecule has 4 rings (SSSR count). The number of alkyl halides is 2. The maximum Gasteiger partial charge on any atom is 0.272 e. The third-order valence-electron chi connectivity index (χ3n) is 5.37. The van der Waals surface area contributed by atoms with Crippen molar-refractivity contribution in [1.82, 2.24) is 14.5 Å². The minimum atomic E-state index is -2.64. The summed E-state index contributed by atoms with van der Waals surface area (Å²) < 4.78 is 27.6. The van der Waals surface area contributed by atoms with Crippen LogP contribution in [0.15, 0.2) is 48.6 Å². The molecule has 0 bridgehead atoms. The zero-order valence-electron chi connectivity index (χ0n) is 16.9. The number of likely N-dealkylation sites (tertiary alicyclic amines) is 1. The number of hydrogen-bond donors (Lipinski definition) is 1. The number of aromatic nitrogens is 2. The maximum absolute atomic E-state index is 12.9. The monoisotopic (exact) mass is 455 g/mol. The van der Waals surface area contributed by atoms with E-state index < -0.39 is 18.2 Å². The summed E-state index contributed by atoms with van der Waals surface area (Å²) in [5, 5.41) is 11.8. The lowest BCUT2D eigenvalue weighted by atomic mass is 10.2. The van der Waals surface area contributed by atoms with Gasteiger partial charge in [0.25, 0.3) is 18.2 Å².